The molecule has 0 amide bonds. The van der Waals surface area contributed by atoms with E-state index in [0.29, 0.717) is 13.0 Å². The summed E-state index contributed by atoms with van der Waals surface area (Å²) in [6.07, 6.45) is 0.574. The van der Waals surface area contributed by atoms with Crippen LogP contribution >= 0.6 is 15.9 Å². The van der Waals surface area contributed by atoms with Gasteiger partial charge >= 0.3 is 11.9 Å². The van der Waals surface area contributed by atoms with Gasteiger partial charge in [0.05, 0.1) is 12.5 Å². The Kier molecular flexibility index (Phi) is 4.55. The third-order valence-corrected chi connectivity index (χ3v) is 3.15. The third-order valence-electron chi connectivity index (χ3n) is 2.49. The van der Waals surface area contributed by atoms with Crippen LogP contribution in [0.5, 0.6) is 0 Å². The van der Waals surface area contributed by atoms with E-state index in [-0.39, 0.29) is 16.8 Å². The molecular weight excluding hydrogens is 290 g/mol. The van der Waals surface area contributed by atoms with Crippen LogP contribution in [-0.2, 0) is 19.2 Å². The van der Waals surface area contributed by atoms with Crippen LogP contribution in [-0.4, -0.2) is 41.5 Å². The molecule has 0 unspecified atom stereocenters. The fourth-order valence-corrected chi connectivity index (χ4v) is 2.09. The highest BCUT2D eigenvalue weighted by Crippen LogP contribution is 2.26. The number of methoxy groups -OCH3 is 1. The van der Waals surface area contributed by atoms with E-state index >= 15 is 0 Å². The second-order valence-electron chi connectivity index (χ2n) is 5.10. The van der Waals surface area contributed by atoms with Gasteiger partial charge in [0.25, 0.3) is 0 Å². The van der Waals surface area contributed by atoms with Gasteiger partial charge in [0.15, 0.2) is 0 Å². The second-order valence-corrected chi connectivity index (χ2v) is 6.40. The molecule has 2 atom stereocenters. The molecule has 0 spiro atoms. The molecule has 1 heterocycles. The Morgan fingerprint density at radius 2 is 1.94 bits per heavy atom. The van der Waals surface area contributed by atoms with Crippen LogP contribution in [0.1, 0.15) is 27.2 Å². The predicted octanol–water partition coefficient (Wildman–Crippen LogP) is 1.50. The lowest BCUT2D eigenvalue weighted by molar-refractivity contribution is -0.208. The summed E-state index contributed by atoms with van der Waals surface area (Å²) < 4.78 is 4.69. The van der Waals surface area contributed by atoms with Crippen LogP contribution in [0.25, 0.3) is 0 Å². The fourth-order valence-electron chi connectivity index (χ4n) is 1.45. The highest BCUT2D eigenvalue weighted by atomic mass is 79.9. The topological polar surface area (TPSA) is 55.8 Å². The highest BCUT2D eigenvalue weighted by Gasteiger charge is 2.40. The quantitative estimate of drug-likeness (QED) is 0.571. The van der Waals surface area contributed by atoms with Gasteiger partial charge in [0, 0.05) is 11.4 Å². The summed E-state index contributed by atoms with van der Waals surface area (Å²) in [5.74, 6) is -0.735. The number of hydrogen-bond acceptors (Lipinski definition) is 5. The van der Waals surface area contributed by atoms with E-state index in [9.17, 15) is 9.59 Å². The molecule has 0 N–H and O–H groups in total. The van der Waals surface area contributed by atoms with Gasteiger partial charge in [-0.2, -0.15) is 0 Å². The summed E-state index contributed by atoms with van der Waals surface area (Å²) in [6, 6.07) is -0.518. The lowest BCUT2D eigenvalue weighted by Gasteiger charge is -2.25. The summed E-state index contributed by atoms with van der Waals surface area (Å²) in [6.45, 7) is 5.79. The minimum absolute atomic E-state index is 0.124. The molecule has 0 radical (unpaired) electrons. The molecule has 1 aliphatic heterocycles. The molecule has 5 nitrogen and oxygen atoms in total. The van der Waals surface area contributed by atoms with Gasteiger partial charge < -0.3 is 9.57 Å². The van der Waals surface area contributed by atoms with E-state index in [2.05, 4.69) is 20.7 Å². The van der Waals surface area contributed by atoms with Crippen molar-refractivity contribution in [3.05, 3.63) is 0 Å². The lowest BCUT2D eigenvalue weighted by Crippen LogP contribution is -2.41. The number of halogens is 1. The minimum Gasteiger partial charge on any atom is -0.468 e. The molecule has 0 bridgehead atoms. The Morgan fingerprint density at radius 1 is 1.35 bits per heavy atom. The van der Waals surface area contributed by atoms with Crippen molar-refractivity contribution in [3.63, 3.8) is 0 Å². The molecular formula is C11H18BrNO4. The fraction of sp³-hybridized carbons (Fsp3) is 0.818. The van der Waals surface area contributed by atoms with Gasteiger partial charge in [0.2, 0.25) is 0 Å². The maximum atomic E-state index is 11.8. The number of ether oxygens (including phenoxy) is 1. The number of carbonyl (C=O) groups excluding carboxylic acids is 2. The van der Waals surface area contributed by atoms with E-state index in [1.807, 2.05) is 0 Å². The van der Waals surface area contributed by atoms with E-state index < -0.39 is 11.5 Å². The van der Waals surface area contributed by atoms with Gasteiger partial charge in [-0.05, 0) is 27.2 Å². The Balaban J connectivity index is 2.69. The first-order valence-corrected chi connectivity index (χ1v) is 6.38. The largest absolute Gasteiger partial charge is 0.468 e. The van der Waals surface area contributed by atoms with Crippen molar-refractivity contribution in [2.45, 2.75) is 38.1 Å². The summed E-state index contributed by atoms with van der Waals surface area (Å²) in [5.41, 5.74) is -0.592. The first kappa shape index (κ1) is 14.4. The number of hydrogen-bond donors (Lipinski definition) is 0. The van der Waals surface area contributed by atoms with E-state index in [4.69, 9.17) is 4.84 Å². The normalized spacial score (nSPS) is 25.7. The van der Waals surface area contributed by atoms with Crippen LogP contribution in [0.15, 0.2) is 0 Å². The second kappa shape index (κ2) is 5.35. The van der Waals surface area contributed by atoms with Crippen LogP contribution in [0.4, 0.5) is 0 Å². The van der Waals surface area contributed by atoms with Crippen molar-refractivity contribution in [3.8, 4) is 0 Å². The Bertz CT molecular complexity index is 313. The van der Waals surface area contributed by atoms with Crippen molar-refractivity contribution >= 4 is 27.9 Å². The number of rotatable bonds is 2. The zero-order chi connectivity index (χ0) is 13.2. The Morgan fingerprint density at radius 3 is 2.41 bits per heavy atom. The molecule has 6 heteroatoms. The predicted molar refractivity (Wildman–Crippen MR) is 65.4 cm³/mol. The van der Waals surface area contributed by atoms with Crippen molar-refractivity contribution in [1.29, 1.82) is 0 Å². The Labute approximate surface area is 110 Å². The summed E-state index contributed by atoms with van der Waals surface area (Å²) in [7, 11) is 1.33. The van der Waals surface area contributed by atoms with Gasteiger partial charge in [-0.3, -0.25) is 4.79 Å². The number of alkyl halides is 1. The monoisotopic (exact) mass is 307 g/mol. The molecule has 1 aliphatic rings. The number of hydroxylamine groups is 2. The molecule has 0 saturated carbocycles. The van der Waals surface area contributed by atoms with Gasteiger partial charge in [-0.1, -0.05) is 15.9 Å². The minimum atomic E-state index is -0.592. The van der Waals surface area contributed by atoms with Crippen molar-refractivity contribution in [2.75, 3.05) is 13.7 Å². The standard InChI is InChI=1S/C11H18BrNO4/c1-11(2,3)10(15)17-13-6-7(12)5-8(13)9(14)16-4/h7-8H,5-6H2,1-4H3/t7-,8-/m0/s1. The van der Waals surface area contributed by atoms with Crippen molar-refractivity contribution in [2.24, 2.45) is 5.41 Å². The first-order chi connectivity index (χ1) is 7.75. The summed E-state index contributed by atoms with van der Waals surface area (Å²) in [5, 5.41) is 1.40. The van der Waals surface area contributed by atoms with Crippen molar-refractivity contribution in [1.82, 2.24) is 5.06 Å². The first-order valence-electron chi connectivity index (χ1n) is 5.46. The smallest absolute Gasteiger partial charge is 0.330 e. The van der Waals surface area contributed by atoms with Crippen LogP contribution in [0, 0.1) is 5.41 Å². The molecule has 0 aromatic rings. The number of nitrogens with zero attached hydrogens (tertiary/aromatic N) is 1. The summed E-state index contributed by atoms with van der Waals surface area (Å²) in [4.78, 5) is 28.6. The van der Waals surface area contributed by atoms with Gasteiger partial charge in [-0.15, -0.1) is 5.06 Å². The van der Waals surface area contributed by atoms with Gasteiger partial charge in [-0.25, -0.2) is 4.79 Å². The highest BCUT2D eigenvalue weighted by molar-refractivity contribution is 9.09. The molecule has 1 rings (SSSR count). The van der Waals surface area contributed by atoms with E-state index in [1.54, 1.807) is 20.8 Å². The van der Waals surface area contributed by atoms with Crippen LogP contribution in [0.3, 0.4) is 0 Å². The molecule has 0 aromatic carbocycles. The summed E-state index contributed by atoms with van der Waals surface area (Å²) >= 11 is 3.42. The van der Waals surface area contributed by atoms with E-state index in [1.165, 1.54) is 12.2 Å². The molecule has 1 saturated heterocycles. The molecule has 0 aromatic heterocycles. The zero-order valence-corrected chi connectivity index (χ0v) is 12.1. The van der Waals surface area contributed by atoms with Crippen LogP contribution < -0.4 is 0 Å². The maximum Gasteiger partial charge on any atom is 0.330 e. The number of carbonyl (C=O) groups is 2. The lowest BCUT2D eigenvalue weighted by atomic mass is 9.98. The Hall–Kier alpha value is -0.620. The SMILES string of the molecule is COC(=O)[C@@H]1C[C@H](Br)CN1OC(=O)C(C)(C)C. The van der Waals surface area contributed by atoms with Crippen molar-refractivity contribution < 1.29 is 19.2 Å². The maximum absolute atomic E-state index is 11.8. The zero-order valence-electron chi connectivity index (χ0n) is 10.5. The van der Waals surface area contributed by atoms with E-state index in [0.717, 1.165) is 0 Å². The van der Waals surface area contributed by atoms with Gasteiger partial charge in [0.1, 0.15) is 6.04 Å². The molecule has 98 valence electrons. The molecule has 17 heavy (non-hydrogen) atoms. The average molecular weight is 308 g/mol. The number of esters is 1. The van der Waals surface area contributed by atoms with Crippen LogP contribution in [0.2, 0.25) is 0 Å². The molecule has 0 aliphatic carbocycles. The third kappa shape index (κ3) is 3.67. The molecule has 1 fully saturated rings. The average Bonchev–Trinajstić information content (AvgIpc) is 2.57.